The van der Waals surface area contributed by atoms with Crippen LogP contribution in [0, 0.1) is 0 Å². The number of anilines is 1. The molecule has 0 saturated heterocycles. The van der Waals surface area contributed by atoms with Crippen molar-refractivity contribution in [3.63, 3.8) is 0 Å². The van der Waals surface area contributed by atoms with Crippen molar-refractivity contribution in [1.29, 1.82) is 0 Å². The van der Waals surface area contributed by atoms with Crippen molar-refractivity contribution in [2.24, 2.45) is 0 Å². The summed E-state index contributed by atoms with van der Waals surface area (Å²) in [4.78, 5) is 12.3. The molecule has 1 amide bonds. The Hall–Kier alpha value is -2.74. The summed E-state index contributed by atoms with van der Waals surface area (Å²) in [5, 5.41) is 13.4. The van der Waals surface area contributed by atoms with Gasteiger partial charge in [-0.1, -0.05) is 12.1 Å². The fourth-order valence-electron chi connectivity index (χ4n) is 2.60. The fourth-order valence-corrected chi connectivity index (χ4v) is 2.60. The first-order valence-corrected chi connectivity index (χ1v) is 6.82. The Bertz CT molecular complexity index is 806. The highest BCUT2D eigenvalue weighted by molar-refractivity contribution is 6.07. The molecule has 0 radical (unpaired) electrons. The van der Waals surface area contributed by atoms with E-state index in [1.54, 1.807) is 12.1 Å². The number of hydrogen-bond acceptors (Lipinski definition) is 4. The largest absolute Gasteiger partial charge is 0.573 e. The predicted octanol–water partition coefficient (Wildman–Crippen LogP) is 2.78. The molecule has 126 valence electrons. The van der Waals surface area contributed by atoms with E-state index in [4.69, 9.17) is 4.74 Å². The van der Waals surface area contributed by atoms with Crippen LogP contribution in [-0.4, -0.2) is 24.5 Å². The number of amides is 1. The molecule has 0 bridgehead atoms. The number of fused-ring (bicyclic) bond motifs is 1. The van der Waals surface area contributed by atoms with Gasteiger partial charge in [0, 0.05) is 16.8 Å². The minimum atomic E-state index is -4.88. The summed E-state index contributed by atoms with van der Waals surface area (Å²) in [7, 11) is 1.42. The molecule has 2 aromatic rings. The lowest BCUT2D eigenvalue weighted by atomic mass is 9.87. The number of nitrogens with one attached hydrogen (secondary N) is 1. The van der Waals surface area contributed by atoms with E-state index in [1.165, 1.54) is 25.3 Å². The van der Waals surface area contributed by atoms with Crippen molar-refractivity contribution in [2.75, 3.05) is 12.4 Å². The lowest BCUT2D eigenvalue weighted by Gasteiger charge is -2.22. The molecule has 2 N–H and O–H groups in total. The van der Waals surface area contributed by atoms with E-state index in [1.807, 2.05) is 0 Å². The number of halogens is 3. The van der Waals surface area contributed by atoms with Crippen molar-refractivity contribution < 1.29 is 32.5 Å². The van der Waals surface area contributed by atoms with Crippen LogP contribution in [0.1, 0.15) is 11.1 Å². The van der Waals surface area contributed by atoms with Gasteiger partial charge in [-0.3, -0.25) is 4.79 Å². The van der Waals surface area contributed by atoms with Gasteiger partial charge in [0.1, 0.15) is 11.5 Å². The molecule has 0 spiro atoms. The van der Waals surface area contributed by atoms with Gasteiger partial charge >= 0.3 is 6.36 Å². The van der Waals surface area contributed by atoms with Crippen molar-refractivity contribution in [2.45, 2.75) is 12.0 Å². The van der Waals surface area contributed by atoms with Crippen LogP contribution in [0.4, 0.5) is 18.9 Å². The first kappa shape index (κ1) is 16.1. The molecule has 0 aromatic heterocycles. The van der Waals surface area contributed by atoms with Crippen LogP contribution in [0.5, 0.6) is 11.5 Å². The maximum Gasteiger partial charge on any atom is 0.573 e. The summed E-state index contributed by atoms with van der Waals surface area (Å²) in [6.45, 7) is 0. The molecule has 8 heteroatoms. The van der Waals surface area contributed by atoms with E-state index in [9.17, 15) is 23.1 Å². The lowest BCUT2D eigenvalue weighted by Crippen LogP contribution is -2.35. The fraction of sp³-hybridized carbons (Fsp3) is 0.188. The Kier molecular flexibility index (Phi) is 3.64. The molecule has 1 heterocycles. The van der Waals surface area contributed by atoms with Crippen LogP contribution in [-0.2, 0) is 10.4 Å². The maximum atomic E-state index is 12.4. The molecule has 3 rings (SSSR count). The second-order valence-electron chi connectivity index (χ2n) is 5.15. The molecule has 0 aliphatic carbocycles. The van der Waals surface area contributed by atoms with Gasteiger partial charge in [-0.15, -0.1) is 13.2 Å². The van der Waals surface area contributed by atoms with Crippen molar-refractivity contribution in [3.8, 4) is 11.5 Å². The number of carbonyl (C=O) groups excluding carboxylic acids is 1. The Morgan fingerprint density at radius 2 is 1.88 bits per heavy atom. The zero-order valence-electron chi connectivity index (χ0n) is 12.3. The van der Waals surface area contributed by atoms with Gasteiger partial charge in [0.2, 0.25) is 0 Å². The summed E-state index contributed by atoms with van der Waals surface area (Å²) in [5.74, 6) is -0.904. The maximum absolute atomic E-state index is 12.4. The molecule has 1 atom stereocenters. The average Bonchev–Trinajstić information content (AvgIpc) is 2.78. The van der Waals surface area contributed by atoms with Crippen LogP contribution in [0.3, 0.4) is 0 Å². The molecular weight excluding hydrogens is 327 g/mol. The number of methoxy groups -OCH3 is 1. The topological polar surface area (TPSA) is 67.8 Å². The molecule has 5 nitrogen and oxygen atoms in total. The van der Waals surface area contributed by atoms with Gasteiger partial charge in [-0.05, 0) is 30.3 Å². The number of aliphatic hydroxyl groups is 1. The summed E-state index contributed by atoms with van der Waals surface area (Å²) in [5.41, 5.74) is -1.79. The zero-order chi connectivity index (χ0) is 17.5. The van der Waals surface area contributed by atoms with Gasteiger partial charge in [0.25, 0.3) is 5.91 Å². The highest BCUT2D eigenvalue weighted by Crippen LogP contribution is 2.43. The highest BCUT2D eigenvalue weighted by Gasteiger charge is 2.47. The number of benzene rings is 2. The van der Waals surface area contributed by atoms with Crippen molar-refractivity contribution in [3.05, 3.63) is 53.6 Å². The third-order valence-corrected chi connectivity index (χ3v) is 3.68. The number of hydrogen-bond donors (Lipinski definition) is 2. The van der Waals surface area contributed by atoms with Crippen molar-refractivity contribution in [1.82, 2.24) is 0 Å². The normalized spacial score (nSPS) is 19.6. The number of carbonyl (C=O) groups is 1. The Morgan fingerprint density at radius 3 is 2.54 bits per heavy atom. The highest BCUT2D eigenvalue weighted by atomic mass is 19.4. The van der Waals surface area contributed by atoms with E-state index in [-0.39, 0.29) is 16.8 Å². The quantitative estimate of drug-likeness (QED) is 0.902. The summed E-state index contributed by atoms with van der Waals surface area (Å²) in [6.07, 6.45) is -4.88. The third kappa shape index (κ3) is 2.65. The minimum Gasteiger partial charge on any atom is -0.497 e. The third-order valence-electron chi connectivity index (χ3n) is 3.68. The van der Waals surface area contributed by atoms with E-state index in [0.29, 0.717) is 5.75 Å². The average molecular weight is 339 g/mol. The molecule has 2 aromatic carbocycles. The van der Waals surface area contributed by atoms with Gasteiger partial charge in [-0.2, -0.15) is 0 Å². The number of alkyl halides is 3. The van der Waals surface area contributed by atoms with E-state index < -0.39 is 23.6 Å². The van der Waals surface area contributed by atoms with Crippen LogP contribution in [0.25, 0.3) is 0 Å². The van der Waals surface area contributed by atoms with Gasteiger partial charge < -0.3 is 19.9 Å². The molecule has 24 heavy (non-hydrogen) atoms. The van der Waals surface area contributed by atoms with E-state index >= 15 is 0 Å². The zero-order valence-corrected chi connectivity index (χ0v) is 12.3. The standard InChI is InChI=1S/C16H12F3NO4/c1-23-10-4-2-3-9(7-10)15(22)12-8-11(24-16(17,18)19)5-6-13(12)20-14(15)21/h2-8,22H,1H3,(H,20,21). The first-order valence-electron chi connectivity index (χ1n) is 6.82. The summed E-state index contributed by atoms with van der Waals surface area (Å²) in [6, 6.07) is 9.38. The van der Waals surface area contributed by atoms with E-state index in [0.717, 1.165) is 12.1 Å². The lowest BCUT2D eigenvalue weighted by molar-refractivity contribution is -0.274. The van der Waals surface area contributed by atoms with Crippen LogP contribution in [0.15, 0.2) is 42.5 Å². The van der Waals surface area contributed by atoms with Crippen LogP contribution < -0.4 is 14.8 Å². The number of ether oxygens (including phenoxy) is 2. The minimum absolute atomic E-state index is 0.0255. The van der Waals surface area contributed by atoms with Crippen molar-refractivity contribution >= 4 is 11.6 Å². The summed E-state index contributed by atoms with van der Waals surface area (Å²) < 4.78 is 46.1. The Balaban J connectivity index is 2.10. The van der Waals surface area contributed by atoms with Gasteiger partial charge in [-0.25, -0.2) is 0 Å². The smallest absolute Gasteiger partial charge is 0.497 e. The van der Waals surface area contributed by atoms with Gasteiger partial charge in [0.15, 0.2) is 5.60 Å². The summed E-state index contributed by atoms with van der Waals surface area (Å²) >= 11 is 0. The number of rotatable bonds is 3. The molecule has 0 saturated carbocycles. The second kappa shape index (κ2) is 5.41. The Morgan fingerprint density at radius 1 is 1.12 bits per heavy atom. The van der Waals surface area contributed by atoms with Gasteiger partial charge in [0.05, 0.1) is 7.11 Å². The molecule has 1 aliphatic rings. The van der Waals surface area contributed by atoms with Crippen LogP contribution in [0.2, 0.25) is 0 Å². The van der Waals surface area contributed by atoms with Crippen LogP contribution >= 0.6 is 0 Å². The monoisotopic (exact) mass is 339 g/mol. The second-order valence-corrected chi connectivity index (χ2v) is 5.15. The Labute approximate surface area is 134 Å². The molecule has 1 unspecified atom stereocenters. The molecule has 0 fully saturated rings. The SMILES string of the molecule is COc1cccc(C2(O)C(=O)Nc3ccc(OC(F)(F)F)cc32)c1. The molecular formula is C16H12F3NO4. The van der Waals surface area contributed by atoms with E-state index in [2.05, 4.69) is 10.1 Å². The first-order chi connectivity index (χ1) is 11.2. The molecule has 1 aliphatic heterocycles. The predicted molar refractivity (Wildman–Crippen MR) is 77.7 cm³/mol.